The van der Waals surface area contributed by atoms with Crippen LogP contribution in [0.15, 0.2) is 23.4 Å². The van der Waals surface area contributed by atoms with E-state index in [0.717, 1.165) is 43.1 Å². The van der Waals surface area contributed by atoms with Gasteiger partial charge in [0.05, 0.1) is 11.8 Å². The number of aryl methyl sites for hydroxylation is 2. The lowest BCUT2D eigenvalue weighted by atomic mass is 10.00. The number of hydrogen-bond donors (Lipinski definition) is 0. The van der Waals surface area contributed by atoms with E-state index in [9.17, 15) is 4.79 Å². The summed E-state index contributed by atoms with van der Waals surface area (Å²) in [4.78, 5) is 14.6. The average Bonchev–Trinajstić information content (AvgIpc) is 3.30. The number of nitrogens with zero attached hydrogens (tertiary/aromatic N) is 5. The van der Waals surface area contributed by atoms with E-state index in [1.807, 2.05) is 9.58 Å². The molecule has 1 saturated carbocycles. The first kappa shape index (κ1) is 14.7. The van der Waals surface area contributed by atoms with Crippen molar-refractivity contribution >= 4 is 23.4 Å². The van der Waals surface area contributed by atoms with Gasteiger partial charge in [0.1, 0.15) is 0 Å². The molecule has 7 heteroatoms. The molecular weight excluding hydrogens is 310 g/mol. The van der Waals surface area contributed by atoms with Crippen molar-refractivity contribution in [2.45, 2.75) is 43.8 Å². The highest BCUT2D eigenvalue weighted by Gasteiger charge is 2.29. The quantitative estimate of drug-likeness (QED) is 0.806. The maximum atomic E-state index is 12.7. The second-order valence-electron chi connectivity index (χ2n) is 6.21. The summed E-state index contributed by atoms with van der Waals surface area (Å²) in [6, 6.07) is 6.77. The highest BCUT2D eigenvalue weighted by molar-refractivity contribution is 7.99. The van der Waals surface area contributed by atoms with Gasteiger partial charge in [-0.1, -0.05) is 29.5 Å². The normalized spacial score (nSPS) is 17.2. The van der Waals surface area contributed by atoms with Crippen LogP contribution in [0.2, 0.25) is 0 Å². The third-order valence-electron chi connectivity index (χ3n) is 4.33. The highest BCUT2D eigenvalue weighted by atomic mass is 32.2. The van der Waals surface area contributed by atoms with E-state index in [0.29, 0.717) is 11.8 Å². The van der Waals surface area contributed by atoms with Gasteiger partial charge in [-0.15, -0.1) is 5.10 Å². The number of aromatic nitrogens is 4. The summed E-state index contributed by atoms with van der Waals surface area (Å²) >= 11 is 1.44. The number of amides is 1. The number of tetrazole rings is 1. The van der Waals surface area contributed by atoms with E-state index in [2.05, 4.69) is 40.6 Å². The van der Waals surface area contributed by atoms with Crippen LogP contribution in [-0.2, 0) is 11.2 Å². The minimum absolute atomic E-state index is 0.130. The number of fused-ring (bicyclic) bond motifs is 1. The van der Waals surface area contributed by atoms with Gasteiger partial charge in [-0.25, -0.2) is 4.68 Å². The molecule has 2 aromatic rings. The van der Waals surface area contributed by atoms with Crippen LogP contribution in [0.3, 0.4) is 0 Å². The fourth-order valence-electron chi connectivity index (χ4n) is 3.02. The first-order valence-electron chi connectivity index (χ1n) is 8.03. The average molecular weight is 329 g/mol. The second kappa shape index (κ2) is 5.96. The fourth-order valence-corrected chi connectivity index (χ4v) is 3.84. The first-order valence-corrected chi connectivity index (χ1v) is 9.01. The van der Waals surface area contributed by atoms with Gasteiger partial charge in [0.15, 0.2) is 0 Å². The third kappa shape index (κ3) is 2.97. The minimum atomic E-state index is 0.130. The van der Waals surface area contributed by atoms with Crippen LogP contribution >= 0.6 is 11.8 Å². The zero-order chi connectivity index (χ0) is 15.8. The molecule has 0 spiro atoms. The zero-order valence-corrected chi connectivity index (χ0v) is 13.9. The maximum absolute atomic E-state index is 12.7. The van der Waals surface area contributed by atoms with Crippen LogP contribution in [0, 0.1) is 6.92 Å². The molecule has 4 rings (SSSR count). The predicted molar refractivity (Wildman–Crippen MR) is 88.7 cm³/mol. The molecule has 120 valence electrons. The second-order valence-corrected chi connectivity index (χ2v) is 7.15. The summed E-state index contributed by atoms with van der Waals surface area (Å²) in [5, 5.41) is 12.6. The maximum Gasteiger partial charge on any atom is 0.237 e. The van der Waals surface area contributed by atoms with Crippen molar-refractivity contribution in [1.82, 2.24) is 20.2 Å². The van der Waals surface area contributed by atoms with Crippen LogP contribution < -0.4 is 4.90 Å². The Balaban J connectivity index is 1.46. The molecule has 0 radical (unpaired) electrons. The van der Waals surface area contributed by atoms with E-state index >= 15 is 0 Å². The third-order valence-corrected chi connectivity index (χ3v) is 5.25. The predicted octanol–water partition coefficient (Wildman–Crippen LogP) is 2.39. The van der Waals surface area contributed by atoms with Crippen LogP contribution in [0.25, 0.3) is 0 Å². The van der Waals surface area contributed by atoms with Crippen molar-refractivity contribution < 1.29 is 4.79 Å². The largest absolute Gasteiger partial charge is 0.311 e. The van der Waals surface area contributed by atoms with Crippen LogP contribution in [0.4, 0.5) is 5.69 Å². The van der Waals surface area contributed by atoms with Crippen molar-refractivity contribution in [3.8, 4) is 0 Å². The van der Waals surface area contributed by atoms with Gasteiger partial charge >= 0.3 is 0 Å². The number of benzene rings is 1. The Morgan fingerprint density at radius 2 is 2.26 bits per heavy atom. The lowest BCUT2D eigenvalue weighted by Gasteiger charge is -2.29. The molecule has 2 aliphatic rings. The lowest BCUT2D eigenvalue weighted by molar-refractivity contribution is -0.116. The summed E-state index contributed by atoms with van der Waals surface area (Å²) in [5.41, 5.74) is 3.59. The molecular formula is C16H19N5OS. The Hall–Kier alpha value is -1.89. The summed E-state index contributed by atoms with van der Waals surface area (Å²) in [7, 11) is 0. The highest BCUT2D eigenvalue weighted by Crippen LogP contribution is 2.36. The van der Waals surface area contributed by atoms with Gasteiger partial charge in [-0.05, 0) is 54.7 Å². The van der Waals surface area contributed by atoms with Crippen molar-refractivity contribution in [1.29, 1.82) is 0 Å². The molecule has 1 aliphatic heterocycles. The molecule has 0 saturated heterocycles. The van der Waals surface area contributed by atoms with Crippen molar-refractivity contribution in [2.75, 3.05) is 17.2 Å². The fraction of sp³-hybridized carbons (Fsp3) is 0.500. The van der Waals surface area contributed by atoms with Crippen molar-refractivity contribution in [3.05, 3.63) is 29.3 Å². The summed E-state index contributed by atoms with van der Waals surface area (Å²) in [6.45, 7) is 2.89. The van der Waals surface area contributed by atoms with E-state index in [1.165, 1.54) is 22.9 Å². The molecule has 1 amide bonds. The molecule has 0 unspecified atom stereocenters. The summed E-state index contributed by atoms with van der Waals surface area (Å²) in [5.74, 6) is 0.505. The molecule has 6 nitrogen and oxygen atoms in total. The molecule has 1 aromatic heterocycles. The SMILES string of the molecule is Cc1ccc2c(c1)CCCN2C(=O)CSc1nnnn1C1CC1. The smallest absolute Gasteiger partial charge is 0.237 e. The van der Waals surface area contributed by atoms with E-state index in [4.69, 9.17) is 0 Å². The van der Waals surface area contributed by atoms with Crippen LogP contribution in [0.1, 0.15) is 36.4 Å². The number of carbonyl (C=O) groups excluding carboxylic acids is 1. The summed E-state index contributed by atoms with van der Waals surface area (Å²) in [6.07, 6.45) is 4.33. The Bertz CT molecular complexity index is 740. The van der Waals surface area contributed by atoms with Gasteiger partial charge in [-0.2, -0.15) is 0 Å². The monoisotopic (exact) mass is 329 g/mol. The van der Waals surface area contributed by atoms with E-state index in [1.54, 1.807) is 0 Å². The molecule has 23 heavy (non-hydrogen) atoms. The first-order chi connectivity index (χ1) is 11.2. The standard InChI is InChI=1S/C16H19N5OS/c1-11-4-7-14-12(9-11)3-2-8-20(14)15(22)10-23-16-17-18-19-21(16)13-5-6-13/h4,7,9,13H,2-3,5-6,8,10H2,1H3. The number of thioether (sulfide) groups is 1. The molecule has 1 fully saturated rings. The molecule has 0 N–H and O–H groups in total. The lowest BCUT2D eigenvalue weighted by Crippen LogP contribution is -2.36. The van der Waals surface area contributed by atoms with Crippen molar-refractivity contribution in [3.63, 3.8) is 0 Å². The van der Waals surface area contributed by atoms with Gasteiger partial charge < -0.3 is 4.90 Å². The van der Waals surface area contributed by atoms with Gasteiger partial charge in [-0.3, -0.25) is 4.79 Å². The Morgan fingerprint density at radius 1 is 1.39 bits per heavy atom. The Kier molecular flexibility index (Phi) is 3.80. The zero-order valence-electron chi connectivity index (χ0n) is 13.1. The van der Waals surface area contributed by atoms with E-state index < -0.39 is 0 Å². The number of rotatable bonds is 4. The Labute approximate surface area is 139 Å². The molecule has 0 bridgehead atoms. The van der Waals surface area contributed by atoms with Gasteiger partial charge in [0, 0.05) is 12.2 Å². The van der Waals surface area contributed by atoms with Gasteiger partial charge in [0.25, 0.3) is 0 Å². The topological polar surface area (TPSA) is 63.9 Å². The Morgan fingerprint density at radius 3 is 3.09 bits per heavy atom. The van der Waals surface area contributed by atoms with Crippen LogP contribution in [-0.4, -0.2) is 38.4 Å². The molecule has 1 aliphatic carbocycles. The van der Waals surface area contributed by atoms with E-state index in [-0.39, 0.29) is 5.91 Å². The van der Waals surface area contributed by atoms with Gasteiger partial charge in [0.2, 0.25) is 11.1 Å². The minimum Gasteiger partial charge on any atom is -0.311 e. The molecule has 0 atom stereocenters. The molecule has 2 heterocycles. The number of anilines is 1. The van der Waals surface area contributed by atoms with Crippen molar-refractivity contribution in [2.24, 2.45) is 0 Å². The van der Waals surface area contributed by atoms with Crippen LogP contribution in [0.5, 0.6) is 0 Å². The molecule has 1 aromatic carbocycles. The summed E-state index contributed by atoms with van der Waals surface area (Å²) < 4.78 is 1.85. The number of hydrogen-bond acceptors (Lipinski definition) is 5. The number of carbonyl (C=O) groups is 1.